The third-order valence-corrected chi connectivity index (χ3v) is 4.21. The van der Waals surface area contributed by atoms with E-state index in [-0.39, 0.29) is 0 Å². The molecule has 0 saturated carbocycles. The third kappa shape index (κ3) is 3.97. The van der Waals surface area contributed by atoms with Gasteiger partial charge in [-0.05, 0) is 30.2 Å². The highest BCUT2D eigenvalue weighted by atomic mass is 35.5. The molecule has 0 saturated heterocycles. The van der Waals surface area contributed by atoms with Gasteiger partial charge in [-0.2, -0.15) is 0 Å². The molecular weight excluding hydrogens is 264 g/mol. The Labute approximate surface area is 115 Å². The first-order valence-corrected chi connectivity index (χ1v) is 7.65. The molecule has 0 fully saturated rings. The molecule has 0 aliphatic rings. The third-order valence-electron chi connectivity index (χ3n) is 2.65. The number of benzene rings is 2. The Morgan fingerprint density at radius 1 is 1.00 bits per heavy atom. The van der Waals surface area contributed by atoms with E-state index in [0.717, 1.165) is 11.1 Å². The summed E-state index contributed by atoms with van der Waals surface area (Å²) in [6.07, 6.45) is 0. The maximum Gasteiger partial charge on any atom is 0.0489 e. The van der Waals surface area contributed by atoms with Gasteiger partial charge in [-0.1, -0.05) is 53.6 Å². The molecule has 94 valence electrons. The second-order valence-electron chi connectivity index (χ2n) is 4.34. The number of hydrogen-bond acceptors (Lipinski definition) is 1. The largest absolute Gasteiger partial charge is 0.259 e. The average molecular weight is 279 g/mol. The Kier molecular flexibility index (Phi) is 4.56. The minimum absolute atomic E-state index is 0.575. The van der Waals surface area contributed by atoms with E-state index in [1.165, 1.54) is 5.56 Å². The predicted octanol–water partition coefficient (Wildman–Crippen LogP) is 4.10. The molecule has 0 bridgehead atoms. The molecule has 2 aromatic rings. The summed E-state index contributed by atoms with van der Waals surface area (Å²) in [6.45, 7) is 2.05. The van der Waals surface area contributed by atoms with Crippen molar-refractivity contribution in [2.75, 3.05) is 0 Å². The normalized spacial score (nSPS) is 12.3. The molecule has 2 rings (SSSR count). The van der Waals surface area contributed by atoms with Crippen LogP contribution in [-0.4, -0.2) is 4.21 Å². The van der Waals surface area contributed by atoms with Crippen LogP contribution in [0.1, 0.15) is 16.7 Å². The molecular formula is C15H15ClOS. The first-order valence-electron chi connectivity index (χ1n) is 5.78. The molecule has 0 radical (unpaired) electrons. The second-order valence-corrected chi connectivity index (χ2v) is 6.24. The van der Waals surface area contributed by atoms with Crippen LogP contribution in [0.4, 0.5) is 0 Å². The van der Waals surface area contributed by atoms with Crippen LogP contribution < -0.4 is 0 Å². The summed E-state index contributed by atoms with van der Waals surface area (Å²) >= 11 is 5.82. The van der Waals surface area contributed by atoms with Crippen LogP contribution in [-0.2, 0) is 22.3 Å². The van der Waals surface area contributed by atoms with Crippen molar-refractivity contribution in [2.45, 2.75) is 18.4 Å². The highest BCUT2D eigenvalue weighted by molar-refractivity contribution is 7.83. The summed E-state index contributed by atoms with van der Waals surface area (Å²) in [5.41, 5.74) is 3.39. The Bertz CT molecular complexity index is 549. The minimum atomic E-state index is -0.880. The lowest BCUT2D eigenvalue weighted by molar-refractivity contribution is 0.682. The van der Waals surface area contributed by atoms with Crippen molar-refractivity contribution in [3.8, 4) is 0 Å². The van der Waals surface area contributed by atoms with Crippen LogP contribution in [0.3, 0.4) is 0 Å². The fourth-order valence-electron chi connectivity index (χ4n) is 1.81. The lowest BCUT2D eigenvalue weighted by Crippen LogP contribution is -1.99. The molecule has 0 spiro atoms. The van der Waals surface area contributed by atoms with Crippen molar-refractivity contribution in [2.24, 2.45) is 0 Å². The summed E-state index contributed by atoms with van der Waals surface area (Å²) in [5.74, 6) is 1.18. The van der Waals surface area contributed by atoms with Crippen molar-refractivity contribution in [3.05, 3.63) is 70.2 Å². The molecule has 0 amide bonds. The maximum atomic E-state index is 12.1. The molecule has 0 N–H and O–H groups in total. The monoisotopic (exact) mass is 278 g/mol. The Balaban J connectivity index is 1.98. The fourth-order valence-corrected chi connectivity index (χ4v) is 3.15. The SMILES string of the molecule is Cc1cccc(C[S@](=O)Cc2ccc(Cl)cc2)c1. The molecule has 2 aromatic carbocycles. The van der Waals surface area contributed by atoms with Gasteiger partial charge in [-0.3, -0.25) is 4.21 Å². The van der Waals surface area contributed by atoms with Gasteiger partial charge in [0.15, 0.2) is 0 Å². The van der Waals surface area contributed by atoms with Gasteiger partial charge in [0.25, 0.3) is 0 Å². The highest BCUT2D eigenvalue weighted by Gasteiger charge is 2.03. The Morgan fingerprint density at radius 3 is 2.33 bits per heavy atom. The van der Waals surface area contributed by atoms with Crippen LogP contribution in [0.15, 0.2) is 48.5 Å². The first-order chi connectivity index (χ1) is 8.63. The molecule has 0 aromatic heterocycles. The quantitative estimate of drug-likeness (QED) is 0.823. The lowest BCUT2D eigenvalue weighted by Gasteiger charge is -2.04. The van der Waals surface area contributed by atoms with E-state index >= 15 is 0 Å². The Morgan fingerprint density at radius 2 is 1.67 bits per heavy atom. The van der Waals surface area contributed by atoms with Gasteiger partial charge in [0, 0.05) is 27.3 Å². The summed E-state index contributed by atoms with van der Waals surface area (Å²) in [4.78, 5) is 0. The zero-order valence-electron chi connectivity index (χ0n) is 10.2. The van der Waals surface area contributed by atoms with Gasteiger partial charge in [0.2, 0.25) is 0 Å². The van der Waals surface area contributed by atoms with E-state index < -0.39 is 10.8 Å². The number of aryl methyl sites for hydroxylation is 1. The molecule has 0 aliphatic carbocycles. The summed E-state index contributed by atoms with van der Waals surface area (Å²) < 4.78 is 12.1. The van der Waals surface area contributed by atoms with E-state index in [2.05, 4.69) is 6.07 Å². The average Bonchev–Trinajstić information content (AvgIpc) is 2.32. The van der Waals surface area contributed by atoms with Crippen LogP contribution in [0.2, 0.25) is 5.02 Å². The Hall–Kier alpha value is -1.12. The van der Waals surface area contributed by atoms with Crippen molar-refractivity contribution in [3.63, 3.8) is 0 Å². The summed E-state index contributed by atoms with van der Waals surface area (Å²) in [7, 11) is -0.880. The molecule has 0 unspecified atom stereocenters. The molecule has 0 aliphatic heterocycles. The second kappa shape index (κ2) is 6.17. The standard InChI is InChI=1S/C15H15ClOS/c1-12-3-2-4-14(9-12)11-18(17)10-13-5-7-15(16)8-6-13/h2-9H,10-11H2,1H3/t18-/m1/s1. The van der Waals surface area contributed by atoms with E-state index in [0.29, 0.717) is 16.5 Å². The van der Waals surface area contributed by atoms with E-state index in [1.807, 2.05) is 49.4 Å². The van der Waals surface area contributed by atoms with Gasteiger partial charge in [0.05, 0.1) is 0 Å². The van der Waals surface area contributed by atoms with E-state index in [1.54, 1.807) is 0 Å². The van der Waals surface area contributed by atoms with Crippen molar-refractivity contribution < 1.29 is 4.21 Å². The molecule has 3 heteroatoms. The summed E-state index contributed by atoms with van der Waals surface area (Å²) in [6, 6.07) is 15.7. The number of halogens is 1. The molecule has 0 heterocycles. The fraction of sp³-hybridized carbons (Fsp3) is 0.200. The predicted molar refractivity (Wildman–Crippen MR) is 78.2 cm³/mol. The van der Waals surface area contributed by atoms with Crippen LogP contribution in [0.25, 0.3) is 0 Å². The molecule has 1 atom stereocenters. The topological polar surface area (TPSA) is 17.1 Å². The lowest BCUT2D eigenvalue weighted by atomic mass is 10.2. The zero-order valence-corrected chi connectivity index (χ0v) is 11.8. The van der Waals surface area contributed by atoms with Crippen molar-refractivity contribution in [1.82, 2.24) is 0 Å². The van der Waals surface area contributed by atoms with Crippen LogP contribution in [0, 0.1) is 6.92 Å². The van der Waals surface area contributed by atoms with E-state index in [9.17, 15) is 4.21 Å². The smallest absolute Gasteiger partial charge is 0.0489 e. The van der Waals surface area contributed by atoms with Gasteiger partial charge >= 0.3 is 0 Å². The molecule has 1 nitrogen and oxygen atoms in total. The van der Waals surface area contributed by atoms with Crippen molar-refractivity contribution >= 4 is 22.4 Å². The zero-order chi connectivity index (χ0) is 13.0. The van der Waals surface area contributed by atoms with Gasteiger partial charge in [-0.25, -0.2) is 0 Å². The van der Waals surface area contributed by atoms with Gasteiger partial charge < -0.3 is 0 Å². The van der Waals surface area contributed by atoms with E-state index in [4.69, 9.17) is 11.6 Å². The number of rotatable bonds is 4. The van der Waals surface area contributed by atoms with Crippen LogP contribution >= 0.6 is 11.6 Å². The highest BCUT2D eigenvalue weighted by Crippen LogP contribution is 2.13. The van der Waals surface area contributed by atoms with Gasteiger partial charge in [-0.15, -0.1) is 0 Å². The van der Waals surface area contributed by atoms with Crippen LogP contribution in [0.5, 0.6) is 0 Å². The maximum absolute atomic E-state index is 12.1. The summed E-state index contributed by atoms with van der Waals surface area (Å²) in [5, 5.41) is 0.711. The first kappa shape index (κ1) is 13.3. The van der Waals surface area contributed by atoms with Gasteiger partial charge in [0.1, 0.15) is 0 Å². The number of hydrogen-bond donors (Lipinski definition) is 0. The van der Waals surface area contributed by atoms with Crippen molar-refractivity contribution in [1.29, 1.82) is 0 Å². The molecule has 18 heavy (non-hydrogen) atoms. The minimum Gasteiger partial charge on any atom is -0.259 e.